The molecular weight excluding hydrogens is 791 g/mol. The highest BCUT2D eigenvalue weighted by molar-refractivity contribution is 6.00. The van der Waals surface area contributed by atoms with Crippen molar-refractivity contribution in [1.82, 2.24) is 44.2 Å². The molecule has 0 aliphatic carbocycles. The van der Waals surface area contributed by atoms with Crippen molar-refractivity contribution in [3.63, 3.8) is 0 Å². The fraction of sp³-hybridized carbons (Fsp3) is 0.489. The molecule has 5 aliphatic heterocycles. The lowest BCUT2D eigenvalue weighted by Gasteiger charge is -2.61. The van der Waals surface area contributed by atoms with Gasteiger partial charge in [0.25, 0.3) is 5.91 Å². The zero-order valence-corrected chi connectivity index (χ0v) is 35.3. The Morgan fingerprint density at radius 2 is 1.69 bits per heavy atom. The van der Waals surface area contributed by atoms with Gasteiger partial charge in [-0.25, -0.2) is 4.79 Å². The Labute approximate surface area is 358 Å². The van der Waals surface area contributed by atoms with Gasteiger partial charge in [-0.1, -0.05) is 18.2 Å². The van der Waals surface area contributed by atoms with Crippen LogP contribution >= 0.6 is 0 Å². The number of phenols is 1. The number of imide groups is 1. The van der Waals surface area contributed by atoms with E-state index in [1.807, 2.05) is 54.5 Å². The van der Waals surface area contributed by atoms with E-state index in [1.54, 1.807) is 39.2 Å². The van der Waals surface area contributed by atoms with Gasteiger partial charge in [0.2, 0.25) is 17.7 Å². The lowest BCUT2D eigenvalue weighted by Crippen LogP contribution is -2.75. The highest BCUT2D eigenvalue weighted by Gasteiger charge is 2.57. The van der Waals surface area contributed by atoms with Gasteiger partial charge in [0, 0.05) is 109 Å². The average molecular weight is 844 g/mol. The molecule has 5 fully saturated rings. The number of piperidine rings is 3. The highest BCUT2D eigenvalue weighted by Crippen LogP contribution is 2.43. The van der Waals surface area contributed by atoms with Gasteiger partial charge < -0.3 is 29.4 Å². The number of likely N-dealkylation sites (tertiary alicyclic amines) is 2. The molecule has 3 amide bonds. The molecular formula is C45H53N11O6. The molecule has 1 spiro atoms. The van der Waals surface area contributed by atoms with Gasteiger partial charge in [-0.05, 0) is 68.5 Å². The van der Waals surface area contributed by atoms with Crippen molar-refractivity contribution >= 4 is 40.1 Å². The fourth-order valence-electron chi connectivity index (χ4n) is 10.7. The van der Waals surface area contributed by atoms with Crippen LogP contribution in [0.2, 0.25) is 0 Å². The maximum Gasteiger partial charge on any atom is 0.329 e. The Morgan fingerprint density at radius 3 is 2.42 bits per heavy atom. The molecule has 0 saturated carbocycles. The number of anilines is 2. The number of amides is 3. The van der Waals surface area contributed by atoms with Crippen molar-refractivity contribution in [3.8, 4) is 22.9 Å². The molecule has 1 atom stereocenters. The predicted octanol–water partition coefficient (Wildman–Crippen LogP) is 3.08. The van der Waals surface area contributed by atoms with Crippen LogP contribution in [-0.2, 0) is 28.5 Å². The Bertz CT molecular complexity index is 2590. The van der Waals surface area contributed by atoms with Gasteiger partial charge in [0.1, 0.15) is 11.8 Å². The minimum atomic E-state index is -1.02. The predicted molar refractivity (Wildman–Crippen MR) is 231 cm³/mol. The summed E-state index contributed by atoms with van der Waals surface area (Å²) in [5, 5.41) is 25.8. The number of carbonyl (C=O) groups is 3. The molecule has 5 aliphatic rings. The third-order valence-electron chi connectivity index (χ3n) is 14.0. The first kappa shape index (κ1) is 39.9. The molecule has 2 N–H and O–H groups in total. The second-order valence-electron chi connectivity index (χ2n) is 18.1. The highest BCUT2D eigenvalue weighted by atomic mass is 16.5. The molecule has 8 heterocycles. The molecule has 324 valence electrons. The van der Waals surface area contributed by atoms with Gasteiger partial charge in [-0.15, -0.1) is 5.10 Å². The summed E-state index contributed by atoms with van der Waals surface area (Å²) >= 11 is 0. The number of phenolic OH excluding ortho intramolecular Hbond substituents is 1. The quantitative estimate of drug-likeness (QED) is 0.197. The van der Waals surface area contributed by atoms with Crippen LogP contribution in [0.25, 0.3) is 22.3 Å². The largest absolute Gasteiger partial charge is 0.507 e. The number of aromatic hydroxyl groups is 1. The third-order valence-corrected chi connectivity index (χ3v) is 14.0. The zero-order chi connectivity index (χ0) is 42.8. The van der Waals surface area contributed by atoms with E-state index >= 15 is 0 Å². The summed E-state index contributed by atoms with van der Waals surface area (Å²) in [6.07, 6.45) is 8.31. The minimum absolute atomic E-state index is 0.0321. The number of aryl methyl sites for hydroxylation is 2. The van der Waals surface area contributed by atoms with E-state index in [0.29, 0.717) is 55.4 Å². The lowest BCUT2D eigenvalue weighted by atomic mass is 9.71. The Balaban J connectivity index is 0.725. The smallest absolute Gasteiger partial charge is 0.329 e. The molecule has 3 aromatic heterocycles. The standard InChI is InChI=1S/C45H53N11O6/c1-50-18-15-39(49-50)62-45(16-22-53(23-17-45)31-24-33(48-46-25-31)32-6-3-4-9-37(32)57)42(60)55-28-44(29-55)26-52(27-44)19-12-30-13-20-54(21-14-30)34-7-5-8-35-40(34)51(2)43(61)56(35)36-10-11-38(58)47-41(36)59/h3-9,15,18,24-25,30,36,57H,10-14,16-17,19-23,26-29H2,1-2H3,(H,47,58,59). The molecule has 17 nitrogen and oxygen atoms in total. The minimum Gasteiger partial charge on any atom is -0.507 e. The second kappa shape index (κ2) is 15.6. The fourth-order valence-corrected chi connectivity index (χ4v) is 10.7. The van der Waals surface area contributed by atoms with E-state index in [9.17, 15) is 24.3 Å². The van der Waals surface area contributed by atoms with E-state index in [-0.39, 0.29) is 35.1 Å². The van der Waals surface area contributed by atoms with Gasteiger partial charge in [-0.3, -0.25) is 33.5 Å². The molecule has 10 rings (SSSR count). The van der Waals surface area contributed by atoms with E-state index in [1.165, 1.54) is 0 Å². The number of aromatic nitrogens is 6. The van der Waals surface area contributed by atoms with Gasteiger partial charge in [0.05, 0.1) is 34.3 Å². The SMILES string of the molecule is Cn1ccc(OC2(C(=O)N3CC4(CN(CCC5CCN(c6cccc7c6n(C)c(=O)n7C6CCC(=O)NC6=O)CC5)C4)C3)CCN(c3cnnc(-c4ccccc4O)c3)CC2)n1. The first-order valence-corrected chi connectivity index (χ1v) is 21.8. The number of carbonyl (C=O) groups excluding carboxylic acids is 3. The molecule has 5 aromatic rings. The van der Waals surface area contributed by atoms with E-state index in [4.69, 9.17) is 4.74 Å². The van der Waals surface area contributed by atoms with E-state index in [2.05, 4.69) is 41.4 Å². The van der Waals surface area contributed by atoms with Gasteiger partial charge >= 0.3 is 5.69 Å². The maximum atomic E-state index is 14.4. The molecule has 0 bridgehead atoms. The third kappa shape index (κ3) is 7.14. The van der Waals surface area contributed by atoms with Crippen LogP contribution in [0, 0.1) is 11.3 Å². The summed E-state index contributed by atoms with van der Waals surface area (Å²) in [5.74, 6) is 0.510. The number of hydrogen-bond donors (Lipinski definition) is 2. The number of imidazole rings is 1. The van der Waals surface area contributed by atoms with E-state index < -0.39 is 17.6 Å². The molecule has 17 heteroatoms. The van der Waals surface area contributed by atoms with E-state index in [0.717, 1.165) is 87.5 Å². The van der Waals surface area contributed by atoms with Crippen LogP contribution in [0.15, 0.2) is 71.8 Å². The van der Waals surface area contributed by atoms with Crippen LogP contribution in [0.4, 0.5) is 11.4 Å². The molecule has 0 radical (unpaired) electrons. The summed E-state index contributed by atoms with van der Waals surface area (Å²) in [6.45, 7) is 7.44. The van der Waals surface area contributed by atoms with Crippen LogP contribution in [-0.4, -0.2) is 126 Å². The zero-order valence-electron chi connectivity index (χ0n) is 35.3. The number of ether oxygens (including phenoxy) is 1. The molecule has 1 unspecified atom stereocenters. The summed E-state index contributed by atoms with van der Waals surface area (Å²) < 4.78 is 11.4. The number of hydrogen-bond acceptors (Lipinski definition) is 12. The van der Waals surface area contributed by atoms with Gasteiger partial charge in [-0.2, -0.15) is 10.2 Å². The molecule has 5 saturated heterocycles. The van der Waals surface area contributed by atoms with Crippen LogP contribution in [0.1, 0.15) is 51.0 Å². The Hall–Kier alpha value is -6.23. The first-order chi connectivity index (χ1) is 30.0. The van der Waals surface area contributed by atoms with Crippen molar-refractivity contribution in [2.75, 3.05) is 68.7 Å². The van der Waals surface area contributed by atoms with Crippen LogP contribution < -0.4 is 25.5 Å². The maximum absolute atomic E-state index is 14.4. The average Bonchev–Trinajstić information content (AvgIpc) is 3.77. The van der Waals surface area contributed by atoms with Crippen molar-refractivity contribution in [1.29, 1.82) is 0 Å². The van der Waals surface area contributed by atoms with Gasteiger partial charge in [0.15, 0.2) is 5.60 Å². The summed E-state index contributed by atoms with van der Waals surface area (Å²) in [4.78, 5) is 61.5. The normalized spacial score (nSPS) is 21.5. The summed E-state index contributed by atoms with van der Waals surface area (Å²) in [5.41, 5.74) is 3.49. The van der Waals surface area contributed by atoms with Crippen molar-refractivity contribution in [2.45, 2.75) is 56.6 Å². The molecule has 62 heavy (non-hydrogen) atoms. The number of fused-ring (bicyclic) bond motifs is 1. The first-order valence-electron chi connectivity index (χ1n) is 21.8. The topological polar surface area (TPSA) is 176 Å². The van der Waals surface area contributed by atoms with Crippen molar-refractivity contribution in [2.24, 2.45) is 25.4 Å². The lowest BCUT2D eigenvalue weighted by molar-refractivity contribution is -0.176. The Morgan fingerprint density at radius 1 is 0.919 bits per heavy atom. The number of nitrogens with zero attached hydrogens (tertiary/aromatic N) is 10. The van der Waals surface area contributed by atoms with Crippen LogP contribution in [0.5, 0.6) is 11.6 Å². The summed E-state index contributed by atoms with van der Waals surface area (Å²) in [7, 11) is 3.60. The monoisotopic (exact) mass is 843 g/mol. The van der Waals surface area contributed by atoms with Crippen molar-refractivity contribution < 1.29 is 24.2 Å². The van der Waals surface area contributed by atoms with Crippen LogP contribution in [0.3, 0.4) is 0 Å². The molecule has 2 aromatic carbocycles. The van der Waals surface area contributed by atoms with Crippen molar-refractivity contribution in [3.05, 3.63) is 77.5 Å². The Kier molecular flexibility index (Phi) is 10.0. The number of para-hydroxylation sites is 2. The number of benzene rings is 2. The summed E-state index contributed by atoms with van der Waals surface area (Å²) in [6, 6.07) is 16.0. The number of rotatable bonds is 10. The second-order valence-corrected chi connectivity index (χ2v) is 18.1. The number of nitrogens with one attached hydrogen (secondary N) is 1.